The average molecular weight is 302 g/mol. The van der Waals surface area contributed by atoms with E-state index in [-0.39, 0.29) is 0 Å². The van der Waals surface area contributed by atoms with Crippen LogP contribution in [0.5, 0.6) is 0 Å². The van der Waals surface area contributed by atoms with Crippen LogP contribution in [0, 0.1) is 0 Å². The van der Waals surface area contributed by atoms with Crippen molar-refractivity contribution in [2.45, 2.75) is 19.8 Å². The molecule has 0 fully saturated rings. The average Bonchev–Trinajstić information content (AvgIpc) is 2.92. The van der Waals surface area contributed by atoms with Crippen LogP contribution in [0.25, 0.3) is 31.3 Å². The summed E-state index contributed by atoms with van der Waals surface area (Å²) in [6, 6.07) is 24.3. The van der Waals surface area contributed by atoms with E-state index >= 15 is 0 Å². The number of hydrogen-bond donors (Lipinski definition) is 0. The van der Waals surface area contributed by atoms with Crippen molar-refractivity contribution in [3.63, 3.8) is 0 Å². The zero-order valence-corrected chi connectivity index (χ0v) is 13.7. The fourth-order valence-corrected chi connectivity index (χ4v) is 4.10. The van der Waals surface area contributed by atoms with Gasteiger partial charge in [0.1, 0.15) is 0 Å². The molecule has 0 N–H and O–H groups in total. The van der Waals surface area contributed by atoms with Crippen molar-refractivity contribution in [3.05, 3.63) is 72.3 Å². The molecule has 0 aliphatic rings. The van der Waals surface area contributed by atoms with E-state index in [1.165, 1.54) is 36.9 Å². The molecule has 22 heavy (non-hydrogen) atoms. The van der Waals surface area contributed by atoms with Crippen LogP contribution in [0.4, 0.5) is 0 Å². The monoisotopic (exact) mass is 302 g/mol. The first-order valence-electron chi connectivity index (χ1n) is 7.74. The van der Waals surface area contributed by atoms with Gasteiger partial charge in [-0.05, 0) is 40.8 Å². The van der Waals surface area contributed by atoms with E-state index in [4.69, 9.17) is 0 Å². The third-order valence-corrected chi connectivity index (χ3v) is 5.40. The maximum absolute atomic E-state index is 2.35. The van der Waals surface area contributed by atoms with Gasteiger partial charge in [-0.15, -0.1) is 11.3 Å². The van der Waals surface area contributed by atoms with Gasteiger partial charge in [0.05, 0.1) is 0 Å². The molecule has 1 heteroatoms. The van der Waals surface area contributed by atoms with Crippen molar-refractivity contribution in [1.29, 1.82) is 0 Å². The first-order chi connectivity index (χ1) is 10.7. The Kier molecular flexibility index (Phi) is 3.24. The van der Waals surface area contributed by atoms with Crippen LogP contribution in [0.15, 0.2) is 66.7 Å². The van der Waals surface area contributed by atoms with E-state index < -0.39 is 0 Å². The molecule has 0 nitrogen and oxygen atoms in total. The summed E-state index contributed by atoms with van der Waals surface area (Å²) in [6.45, 7) is 4.50. The number of fused-ring (bicyclic) bond motifs is 3. The van der Waals surface area contributed by atoms with Gasteiger partial charge in [0.2, 0.25) is 0 Å². The molecule has 0 bridgehead atoms. The van der Waals surface area contributed by atoms with Gasteiger partial charge in [-0.2, -0.15) is 0 Å². The quantitative estimate of drug-likeness (QED) is 0.380. The molecule has 0 unspecified atom stereocenters. The van der Waals surface area contributed by atoms with Gasteiger partial charge in [0, 0.05) is 20.2 Å². The number of rotatable bonds is 2. The first kappa shape index (κ1) is 13.5. The normalized spacial score (nSPS) is 11.6. The molecule has 0 aliphatic heterocycles. The molecule has 0 saturated carbocycles. The number of benzene rings is 3. The lowest BCUT2D eigenvalue weighted by atomic mass is 10.00. The van der Waals surface area contributed by atoms with Crippen LogP contribution in [0.2, 0.25) is 0 Å². The zero-order valence-electron chi connectivity index (χ0n) is 12.8. The lowest BCUT2D eigenvalue weighted by Gasteiger charge is -2.04. The third kappa shape index (κ3) is 2.22. The predicted octanol–water partition coefficient (Wildman–Crippen LogP) is 6.84. The molecular weight excluding hydrogens is 284 g/mol. The summed E-state index contributed by atoms with van der Waals surface area (Å²) in [6.07, 6.45) is 0. The minimum Gasteiger partial charge on any atom is -0.135 e. The van der Waals surface area contributed by atoms with Crippen LogP contribution < -0.4 is 0 Å². The summed E-state index contributed by atoms with van der Waals surface area (Å²) >= 11 is 1.90. The second kappa shape index (κ2) is 5.26. The van der Waals surface area contributed by atoms with E-state index in [1.54, 1.807) is 0 Å². The summed E-state index contributed by atoms with van der Waals surface area (Å²) in [5.74, 6) is 0.578. The molecular formula is C21H18S. The van der Waals surface area contributed by atoms with Gasteiger partial charge in [-0.3, -0.25) is 0 Å². The highest BCUT2D eigenvalue weighted by molar-refractivity contribution is 7.25. The number of hydrogen-bond acceptors (Lipinski definition) is 1. The van der Waals surface area contributed by atoms with Gasteiger partial charge in [0.15, 0.2) is 0 Å². The van der Waals surface area contributed by atoms with Crippen LogP contribution in [0.3, 0.4) is 0 Å². The first-order valence-corrected chi connectivity index (χ1v) is 8.55. The highest BCUT2D eigenvalue weighted by atomic mass is 32.1. The Balaban J connectivity index is 1.94. The van der Waals surface area contributed by atoms with E-state index in [9.17, 15) is 0 Å². The van der Waals surface area contributed by atoms with Gasteiger partial charge in [-0.1, -0.05) is 62.4 Å². The Morgan fingerprint density at radius 3 is 2.27 bits per heavy atom. The van der Waals surface area contributed by atoms with Crippen molar-refractivity contribution >= 4 is 31.5 Å². The fraction of sp³-hybridized carbons (Fsp3) is 0.143. The van der Waals surface area contributed by atoms with Crippen molar-refractivity contribution in [2.24, 2.45) is 0 Å². The summed E-state index contributed by atoms with van der Waals surface area (Å²) in [7, 11) is 0. The molecule has 0 radical (unpaired) electrons. The van der Waals surface area contributed by atoms with Gasteiger partial charge in [0.25, 0.3) is 0 Å². The molecule has 1 heterocycles. The van der Waals surface area contributed by atoms with Gasteiger partial charge < -0.3 is 0 Å². The molecule has 0 atom stereocenters. The molecule has 0 spiro atoms. The minimum absolute atomic E-state index is 0.578. The minimum atomic E-state index is 0.578. The second-order valence-corrected chi connectivity index (χ2v) is 7.17. The van der Waals surface area contributed by atoms with Crippen molar-refractivity contribution < 1.29 is 0 Å². The predicted molar refractivity (Wildman–Crippen MR) is 98.9 cm³/mol. The molecule has 108 valence electrons. The van der Waals surface area contributed by atoms with Crippen LogP contribution in [0.1, 0.15) is 25.3 Å². The van der Waals surface area contributed by atoms with E-state index in [1.807, 2.05) is 11.3 Å². The largest absolute Gasteiger partial charge is 0.135 e. The van der Waals surface area contributed by atoms with E-state index in [0.717, 1.165) is 0 Å². The highest BCUT2D eigenvalue weighted by Gasteiger charge is 2.08. The van der Waals surface area contributed by atoms with Crippen LogP contribution >= 0.6 is 11.3 Å². The van der Waals surface area contributed by atoms with Crippen molar-refractivity contribution in [3.8, 4) is 11.1 Å². The summed E-state index contributed by atoms with van der Waals surface area (Å²) in [4.78, 5) is 0. The van der Waals surface area contributed by atoms with Crippen molar-refractivity contribution in [2.75, 3.05) is 0 Å². The molecule has 1 aromatic heterocycles. The Hall–Kier alpha value is -2.12. The highest BCUT2D eigenvalue weighted by Crippen LogP contribution is 2.37. The lowest BCUT2D eigenvalue weighted by molar-refractivity contribution is 0.869. The van der Waals surface area contributed by atoms with Gasteiger partial charge in [-0.25, -0.2) is 0 Å². The maximum atomic E-state index is 2.35. The summed E-state index contributed by atoms with van der Waals surface area (Å²) in [5, 5.41) is 2.75. The molecule has 4 rings (SSSR count). The molecule has 0 aliphatic carbocycles. The molecule has 4 aromatic rings. The smallest absolute Gasteiger partial charge is 0.0358 e. The standard InChI is InChI=1S/C21H18S/c1-14(2)16-8-10-18-19-12-17(15-6-4-3-5-7-15)9-11-20(19)22-21(18)13-16/h3-14H,1-2H3. The second-order valence-electron chi connectivity index (χ2n) is 6.09. The third-order valence-electron chi connectivity index (χ3n) is 4.27. The zero-order chi connectivity index (χ0) is 15.1. The maximum Gasteiger partial charge on any atom is 0.0358 e. The van der Waals surface area contributed by atoms with Crippen LogP contribution in [-0.2, 0) is 0 Å². The Morgan fingerprint density at radius 2 is 1.50 bits per heavy atom. The molecule has 3 aromatic carbocycles. The molecule has 0 amide bonds. The summed E-state index contributed by atoms with van der Waals surface area (Å²) < 4.78 is 2.77. The Morgan fingerprint density at radius 1 is 0.682 bits per heavy atom. The Bertz CT molecular complexity index is 946. The fourth-order valence-electron chi connectivity index (χ4n) is 2.96. The van der Waals surface area contributed by atoms with E-state index in [0.29, 0.717) is 5.92 Å². The van der Waals surface area contributed by atoms with Crippen molar-refractivity contribution in [1.82, 2.24) is 0 Å². The lowest BCUT2D eigenvalue weighted by Crippen LogP contribution is -1.84. The molecule has 0 saturated heterocycles. The van der Waals surface area contributed by atoms with Crippen LogP contribution in [-0.4, -0.2) is 0 Å². The van der Waals surface area contributed by atoms with E-state index in [2.05, 4.69) is 80.6 Å². The number of thiophene rings is 1. The topological polar surface area (TPSA) is 0 Å². The van der Waals surface area contributed by atoms with Gasteiger partial charge >= 0.3 is 0 Å². The summed E-state index contributed by atoms with van der Waals surface area (Å²) in [5.41, 5.74) is 3.99. The Labute approximate surface area is 135 Å². The SMILES string of the molecule is CC(C)c1ccc2c(c1)sc1ccc(-c3ccccc3)cc12.